The molecular weight excluding hydrogens is 502 g/mol. The second-order valence-corrected chi connectivity index (χ2v) is 11.2. The molecule has 0 saturated carbocycles. The highest BCUT2D eigenvalue weighted by Gasteiger charge is 2.32. The zero-order valence-corrected chi connectivity index (χ0v) is 23.1. The Morgan fingerprint density at radius 2 is 1.69 bits per heavy atom. The van der Waals surface area contributed by atoms with Crippen molar-refractivity contribution in [1.82, 2.24) is 10.2 Å². The van der Waals surface area contributed by atoms with E-state index in [1.807, 2.05) is 27.7 Å². The van der Waals surface area contributed by atoms with Gasteiger partial charge in [0.25, 0.3) is 0 Å². The van der Waals surface area contributed by atoms with Crippen LogP contribution in [0.1, 0.15) is 39.7 Å². The lowest BCUT2D eigenvalue weighted by molar-refractivity contribution is -0.140. The van der Waals surface area contributed by atoms with Crippen LogP contribution in [-0.4, -0.2) is 57.1 Å². The number of amides is 2. The molecule has 8 nitrogen and oxygen atoms in total. The van der Waals surface area contributed by atoms with E-state index in [4.69, 9.17) is 16.3 Å². The Labute approximate surface area is 219 Å². The van der Waals surface area contributed by atoms with Gasteiger partial charge in [0.1, 0.15) is 18.3 Å². The highest BCUT2D eigenvalue weighted by atomic mass is 35.5. The molecule has 1 unspecified atom stereocenters. The number of anilines is 1. The molecule has 0 bridgehead atoms. The molecule has 1 atom stereocenters. The van der Waals surface area contributed by atoms with E-state index in [1.54, 1.807) is 48.5 Å². The molecule has 0 saturated heterocycles. The number of hydrogen-bond acceptors (Lipinski definition) is 5. The normalized spacial score (nSPS) is 12.2. The number of nitrogens with zero attached hydrogens (tertiary/aromatic N) is 2. The van der Waals surface area contributed by atoms with Crippen molar-refractivity contribution in [2.24, 2.45) is 5.92 Å². The second-order valence-electron chi connectivity index (χ2n) is 8.87. The Morgan fingerprint density at radius 1 is 1.06 bits per heavy atom. The number of sulfonamides is 1. The average Bonchev–Trinajstić information content (AvgIpc) is 2.82. The molecule has 0 heterocycles. The van der Waals surface area contributed by atoms with Crippen molar-refractivity contribution in [3.05, 3.63) is 59.1 Å². The first-order chi connectivity index (χ1) is 17.0. The summed E-state index contributed by atoms with van der Waals surface area (Å²) in [5.41, 5.74) is 0.985. The Bertz CT molecular complexity index is 1120. The number of carbonyl (C=O) groups excluding carboxylic acids is 2. The van der Waals surface area contributed by atoms with Crippen LogP contribution in [0.5, 0.6) is 5.75 Å². The molecule has 0 radical (unpaired) electrons. The zero-order chi connectivity index (χ0) is 26.9. The molecule has 0 spiro atoms. The Kier molecular flexibility index (Phi) is 11.0. The minimum atomic E-state index is -3.81. The molecule has 0 fully saturated rings. The van der Waals surface area contributed by atoms with Gasteiger partial charge in [-0.05, 0) is 55.2 Å². The summed E-state index contributed by atoms with van der Waals surface area (Å²) >= 11 is 6.36. The summed E-state index contributed by atoms with van der Waals surface area (Å²) in [5, 5.41) is 3.35. The maximum Gasteiger partial charge on any atom is 0.244 e. The maximum atomic E-state index is 13.7. The topological polar surface area (TPSA) is 96.0 Å². The molecule has 0 aliphatic rings. The van der Waals surface area contributed by atoms with E-state index in [9.17, 15) is 18.0 Å². The number of ether oxygens (including phenoxy) is 1. The van der Waals surface area contributed by atoms with Gasteiger partial charge in [-0.1, -0.05) is 50.6 Å². The number of halogens is 1. The third kappa shape index (κ3) is 8.41. The van der Waals surface area contributed by atoms with E-state index in [0.29, 0.717) is 41.6 Å². The van der Waals surface area contributed by atoms with Gasteiger partial charge in [-0.15, -0.1) is 0 Å². The van der Waals surface area contributed by atoms with E-state index in [1.165, 1.54) is 4.90 Å². The van der Waals surface area contributed by atoms with Gasteiger partial charge in [-0.2, -0.15) is 0 Å². The predicted octanol–water partition coefficient (Wildman–Crippen LogP) is 4.08. The summed E-state index contributed by atoms with van der Waals surface area (Å²) < 4.78 is 31.8. The number of rotatable bonds is 13. The summed E-state index contributed by atoms with van der Waals surface area (Å²) in [6, 6.07) is 12.7. The van der Waals surface area contributed by atoms with Crippen molar-refractivity contribution in [2.45, 2.75) is 46.7 Å². The fourth-order valence-electron chi connectivity index (χ4n) is 3.64. The lowest BCUT2D eigenvalue weighted by Crippen LogP contribution is -2.52. The minimum Gasteiger partial charge on any atom is -0.494 e. The highest BCUT2D eigenvalue weighted by molar-refractivity contribution is 7.92. The van der Waals surface area contributed by atoms with E-state index in [2.05, 4.69) is 5.32 Å². The van der Waals surface area contributed by atoms with Gasteiger partial charge in [0.2, 0.25) is 21.8 Å². The van der Waals surface area contributed by atoms with Crippen molar-refractivity contribution in [1.29, 1.82) is 0 Å². The number of nitrogens with one attached hydrogen (secondary N) is 1. The molecule has 2 aromatic rings. The van der Waals surface area contributed by atoms with Gasteiger partial charge in [0.05, 0.1) is 18.6 Å². The fourth-order valence-corrected chi connectivity index (χ4v) is 4.69. The van der Waals surface area contributed by atoms with E-state index < -0.39 is 28.5 Å². The highest BCUT2D eigenvalue weighted by Crippen LogP contribution is 2.24. The van der Waals surface area contributed by atoms with Crippen LogP contribution in [0.15, 0.2) is 48.5 Å². The monoisotopic (exact) mass is 537 g/mol. The molecule has 2 rings (SSSR count). The molecule has 0 aromatic heterocycles. The van der Waals surface area contributed by atoms with Crippen molar-refractivity contribution >= 4 is 39.1 Å². The molecule has 2 amide bonds. The summed E-state index contributed by atoms with van der Waals surface area (Å²) in [4.78, 5) is 28.1. The van der Waals surface area contributed by atoms with Crippen LogP contribution in [0.25, 0.3) is 0 Å². The zero-order valence-electron chi connectivity index (χ0n) is 21.5. The molecule has 2 aromatic carbocycles. The van der Waals surface area contributed by atoms with Crippen LogP contribution in [-0.2, 0) is 26.2 Å². The molecule has 36 heavy (non-hydrogen) atoms. The van der Waals surface area contributed by atoms with Gasteiger partial charge < -0.3 is 15.0 Å². The summed E-state index contributed by atoms with van der Waals surface area (Å²) in [6.07, 6.45) is 1.39. The number of carbonyl (C=O) groups is 2. The standard InChI is InChI=1S/C26H36ClN3O5S/c1-6-24(26(32)28-16-19(3)4)29(17-20-10-8-9-11-23(20)27)25(31)18-30(36(5,33)34)21-12-14-22(15-13-21)35-7-2/h8-15,19,24H,6-7,16-18H2,1-5H3,(H,28,32). The Balaban J connectivity index is 2.41. The van der Waals surface area contributed by atoms with Gasteiger partial charge in [-0.25, -0.2) is 8.42 Å². The first-order valence-electron chi connectivity index (χ1n) is 12.0. The smallest absolute Gasteiger partial charge is 0.244 e. The second kappa shape index (κ2) is 13.5. The number of benzene rings is 2. The molecule has 10 heteroatoms. The lowest BCUT2D eigenvalue weighted by atomic mass is 10.1. The first kappa shape index (κ1) is 29.5. The van der Waals surface area contributed by atoms with Crippen LogP contribution < -0.4 is 14.4 Å². The van der Waals surface area contributed by atoms with Crippen molar-refractivity contribution in [2.75, 3.05) is 30.3 Å². The molecule has 1 N–H and O–H groups in total. The van der Waals surface area contributed by atoms with Gasteiger partial charge in [0, 0.05) is 18.1 Å². The Hall–Kier alpha value is -2.78. The summed E-state index contributed by atoms with van der Waals surface area (Å²) in [5.74, 6) is 0.0214. The molecule has 198 valence electrons. The minimum absolute atomic E-state index is 0.0625. The van der Waals surface area contributed by atoms with E-state index in [0.717, 1.165) is 10.6 Å². The van der Waals surface area contributed by atoms with Gasteiger partial charge in [0.15, 0.2) is 0 Å². The van der Waals surface area contributed by atoms with Crippen LogP contribution in [0.2, 0.25) is 5.02 Å². The van der Waals surface area contributed by atoms with E-state index in [-0.39, 0.29) is 18.4 Å². The predicted molar refractivity (Wildman–Crippen MR) is 144 cm³/mol. The maximum absolute atomic E-state index is 13.7. The summed E-state index contributed by atoms with van der Waals surface area (Å²) in [6.45, 7) is 8.16. The molecule has 0 aliphatic carbocycles. The fraction of sp³-hybridized carbons (Fsp3) is 0.462. The van der Waals surface area contributed by atoms with E-state index >= 15 is 0 Å². The third-order valence-electron chi connectivity index (χ3n) is 5.48. The number of hydrogen-bond donors (Lipinski definition) is 1. The quantitative estimate of drug-likeness (QED) is 0.415. The molecular formula is C26H36ClN3O5S. The average molecular weight is 538 g/mol. The van der Waals surface area contributed by atoms with Crippen molar-refractivity contribution < 1.29 is 22.7 Å². The largest absolute Gasteiger partial charge is 0.494 e. The third-order valence-corrected chi connectivity index (χ3v) is 6.99. The van der Waals surface area contributed by atoms with Crippen LogP contribution >= 0.6 is 11.6 Å². The summed E-state index contributed by atoms with van der Waals surface area (Å²) in [7, 11) is -3.81. The first-order valence-corrected chi connectivity index (χ1v) is 14.2. The van der Waals surface area contributed by atoms with Gasteiger partial charge in [-0.3, -0.25) is 13.9 Å². The van der Waals surface area contributed by atoms with Crippen LogP contribution in [0, 0.1) is 5.92 Å². The van der Waals surface area contributed by atoms with Crippen LogP contribution in [0.3, 0.4) is 0 Å². The van der Waals surface area contributed by atoms with Crippen molar-refractivity contribution in [3.63, 3.8) is 0 Å². The van der Waals surface area contributed by atoms with Crippen LogP contribution in [0.4, 0.5) is 5.69 Å². The van der Waals surface area contributed by atoms with Crippen molar-refractivity contribution in [3.8, 4) is 5.75 Å². The Morgan fingerprint density at radius 3 is 2.22 bits per heavy atom. The molecule has 0 aliphatic heterocycles. The SMILES string of the molecule is CCOc1ccc(N(CC(=O)N(Cc2ccccc2Cl)C(CC)C(=O)NCC(C)C)S(C)(=O)=O)cc1. The lowest BCUT2D eigenvalue weighted by Gasteiger charge is -2.33. The van der Waals surface area contributed by atoms with Gasteiger partial charge >= 0.3 is 0 Å².